The summed E-state index contributed by atoms with van der Waals surface area (Å²) >= 11 is 3.24. The van der Waals surface area contributed by atoms with Crippen molar-refractivity contribution in [3.8, 4) is 0 Å². The smallest absolute Gasteiger partial charge is 0.265 e. The molecule has 12 heavy (non-hydrogen) atoms. The molecular formula is C7H4BrN3O. The van der Waals surface area contributed by atoms with E-state index >= 15 is 0 Å². The van der Waals surface area contributed by atoms with Crippen LogP contribution < -0.4 is 0 Å². The number of aliphatic imine (C=N–C) groups is 3. The standard InChI is InChI=1S/C7H4BrN3O/c1-3-10-5-4(8)2-9-7(12)6(5)11-3/h2H,1H3. The first-order chi connectivity index (χ1) is 5.68. The van der Waals surface area contributed by atoms with Crippen LogP contribution in [0.5, 0.6) is 0 Å². The number of dihydropyridines is 1. The third kappa shape index (κ3) is 0.972. The molecule has 2 aliphatic rings. The van der Waals surface area contributed by atoms with Crippen molar-refractivity contribution in [3.63, 3.8) is 0 Å². The Balaban J connectivity index is 2.61. The maximum atomic E-state index is 11.1. The molecule has 0 aromatic rings. The number of amidine groups is 1. The Labute approximate surface area is 76.9 Å². The molecule has 0 aliphatic carbocycles. The number of hydrogen-bond donors (Lipinski definition) is 0. The lowest BCUT2D eigenvalue weighted by Gasteiger charge is -2.02. The van der Waals surface area contributed by atoms with Crippen LogP contribution in [0.25, 0.3) is 0 Å². The summed E-state index contributed by atoms with van der Waals surface area (Å²) in [4.78, 5) is 22.8. The third-order valence-electron chi connectivity index (χ3n) is 1.50. The fourth-order valence-electron chi connectivity index (χ4n) is 1.01. The van der Waals surface area contributed by atoms with Crippen molar-refractivity contribution < 1.29 is 4.79 Å². The minimum absolute atomic E-state index is 0.325. The predicted octanol–water partition coefficient (Wildman–Crippen LogP) is 1.08. The molecule has 0 spiro atoms. The first-order valence-corrected chi connectivity index (χ1v) is 4.10. The highest BCUT2D eigenvalue weighted by atomic mass is 79.9. The first kappa shape index (κ1) is 7.54. The number of fused-ring (bicyclic) bond motifs is 1. The Hall–Kier alpha value is -1.10. The van der Waals surface area contributed by atoms with Gasteiger partial charge in [0.1, 0.15) is 11.5 Å². The Morgan fingerprint density at radius 3 is 2.83 bits per heavy atom. The van der Waals surface area contributed by atoms with Gasteiger partial charge in [-0.25, -0.2) is 15.0 Å². The number of amides is 1. The van der Waals surface area contributed by atoms with Gasteiger partial charge >= 0.3 is 0 Å². The highest BCUT2D eigenvalue weighted by Crippen LogP contribution is 2.22. The second-order valence-corrected chi connectivity index (χ2v) is 3.23. The van der Waals surface area contributed by atoms with Gasteiger partial charge in [0.05, 0.1) is 4.48 Å². The number of hydrogen-bond acceptors (Lipinski definition) is 3. The average molecular weight is 226 g/mol. The normalized spacial score (nSPS) is 21.0. The molecule has 0 unspecified atom stereocenters. The molecule has 2 heterocycles. The van der Waals surface area contributed by atoms with Crippen molar-refractivity contribution in [2.45, 2.75) is 6.92 Å². The van der Waals surface area contributed by atoms with Gasteiger partial charge in [-0.2, -0.15) is 0 Å². The average Bonchev–Trinajstić information content (AvgIpc) is 2.41. The summed E-state index contributed by atoms with van der Waals surface area (Å²) < 4.78 is 0.706. The summed E-state index contributed by atoms with van der Waals surface area (Å²) in [6, 6.07) is 0. The molecule has 2 rings (SSSR count). The van der Waals surface area contributed by atoms with Gasteiger partial charge in [0.15, 0.2) is 5.71 Å². The first-order valence-electron chi connectivity index (χ1n) is 3.31. The topological polar surface area (TPSA) is 54.1 Å². The van der Waals surface area contributed by atoms with Crippen LogP contribution in [0.1, 0.15) is 6.92 Å². The number of halogens is 1. The SMILES string of the molecule is CC1=NC2=C(Br)C=NC(=O)C2=N1. The summed E-state index contributed by atoms with van der Waals surface area (Å²) in [5.74, 6) is 0.268. The predicted molar refractivity (Wildman–Crippen MR) is 50.0 cm³/mol. The number of allylic oxidation sites excluding steroid dienone is 1. The van der Waals surface area contributed by atoms with Gasteiger partial charge in [0, 0.05) is 6.21 Å². The molecule has 0 radical (unpaired) electrons. The van der Waals surface area contributed by atoms with E-state index in [2.05, 4.69) is 30.9 Å². The molecule has 0 saturated carbocycles. The molecule has 0 aromatic carbocycles. The molecule has 4 nitrogen and oxygen atoms in total. The maximum absolute atomic E-state index is 11.1. The van der Waals surface area contributed by atoms with E-state index in [1.807, 2.05) is 0 Å². The maximum Gasteiger partial charge on any atom is 0.297 e. The number of rotatable bonds is 0. The van der Waals surface area contributed by atoms with Crippen LogP contribution in [0.3, 0.4) is 0 Å². The summed E-state index contributed by atoms with van der Waals surface area (Å²) in [7, 11) is 0. The van der Waals surface area contributed by atoms with Crippen molar-refractivity contribution in [1.82, 2.24) is 0 Å². The molecule has 2 aliphatic heterocycles. The molecule has 0 bridgehead atoms. The summed E-state index contributed by atoms with van der Waals surface area (Å²) in [5, 5.41) is 0. The Kier molecular flexibility index (Phi) is 1.54. The number of nitrogens with zero attached hydrogens (tertiary/aromatic N) is 3. The lowest BCUT2D eigenvalue weighted by Crippen LogP contribution is -2.16. The van der Waals surface area contributed by atoms with Crippen LogP contribution in [-0.4, -0.2) is 23.7 Å². The zero-order valence-electron chi connectivity index (χ0n) is 6.21. The molecule has 0 aromatic heterocycles. The zero-order valence-corrected chi connectivity index (χ0v) is 7.79. The Bertz CT molecular complexity index is 389. The van der Waals surface area contributed by atoms with Crippen LogP contribution in [0.2, 0.25) is 0 Å². The van der Waals surface area contributed by atoms with E-state index in [0.29, 0.717) is 21.7 Å². The van der Waals surface area contributed by atoms with Crippen molar-refractivity contribution in [1.29, 1.82) is 0 Å². The minimum Gasteiger partial charge on any atom is -0.265 e. The van der Waals surface area contributed by atoms with E-state index in [1.54, 1.807) is 6.92 Å². The van der Waals surface area contributed by atoms with Gasteiger partial charge in [-0.15, -0.1) is 0 Å². The van der Waals surface area contributed by atoms with Gasteiger partial charge in [-0.1, -0.05) is 0 Å². The second-order valence-electron chi connectivity index (χ2n) is 2.38. The fourth-order valence-corrected chi connectivity index (χ4v) is 1.39. The zero-order chi connectivity index (χ0) is 8.72. The van der Waals surface area contributed by atoms with Gasteiger partial charge in [-0.05, 0) is 22.9 Å². The fraction of sp³-hybridized carbons (Fsp3) is 0.143. The summed E-state index contributed by atoms with van der Waals surface area (Å²) in [6.45, 7) is 1.74. The van der Waals surface area contributed by atoms with Crippen LogP contribution in [0.4, 0.5) is 0 Å². The monoisotopic (exact) mass is 225 g/mol. The van der Waals surface area contributed by atoms with Crippen LogP contribution in [-0.2, 0) is 4.79 Å². The molecule has 0 fully saturated rings. The summed E-state index contributed by atoms with van der Waals surface area (Å²) in [6.07, 6.45) is 1.44. The molecule has 60 valence electrons. The van der Waals surface area contributed by atoms with Crippen molar-refractivity contribution >= 4 is 39.6 Å². The van der Waals surface area contributed by atoms with Gasteiger partial charge < -0.3 is 0 Å². The van der Waals surface area contributed by atoms with Crippen LogP contribution in [0, 0.1) is 0 Å². The minimum atomic E-state index is -0.325. The molecule has 0 N–H and O–H groups in total. The van der Waals surface area contributed by atoms with E-state index in [1.165, 1.54) is 6.21 Å². The van der Waals surface area contributed by atoms with E-state index in [4.69, 9.17) is 0 Å². The lowest BCUT2D eigenvalue weighted by atomic mass is 10.2. The number of carbonyl (C=O) groups excluding carboxylic acids is 1. The lowest BCUT2D eigenvalue weighted by molar-refractivity contribution is -0.111. The molecular weight excluding hydrogens is 222 g/mol. The van der Waals surface area contributed by atoms with E-state index in [9.17, 15) is 4.79 Å². The quantitative estimate of drug-likeness (QED) is 0.609. The Morgan fingerprint density at radius 1 is 1.42 bits per heavy atom. The largest absolute Gasteiger partial charge is 0.297 e. The van der Waals surface area contributed by atoms with E-state index in [0.717, 1.165) is 0 Å². The van der Waals surface area contributed by atoms with Crippen molar-refractivity contribution in [2.75, 3.05) is 0 Å². The number of carbonyl (C=O) groups is 1. The van der Waals surface area contributed by atoms with Crippen LogP contribution in [0.15, 0.2) is 25.2 Å². The van der Waals surface area contributed by atoms with Gasteiger partial charge in [0.25, 0.3) is 5.91 Å². The molecule has 5 heteroatoms. The van der Waals surface area contributed by atoms with Crippen molar-refractivity contribution in [3.05, 3.63) is 10.2 Å². The van der Waals surface area contributed by atoms with Crippen molar-refractivity contribution in [2.24, 2.45) is 15.0 Å². The molecule has 1 amide bonds. The molecule has 0 atom stereocenters. The third-order valence-corrected chi connectivity index (χ3v) is 2.08. The van der Waals surface area contributed by atoms with E-state index < -0.39 is 0 Å². The molecule has 0 saturated heterocycles. The highest BCUT2D eigenvalue weighted by Gasteiger charge is 2.26. The second kappa shape index (κ2) is 2.45. The highest BCUT2D eigenvalue weighted by molar-refractivity contribution is 9.12. The van der Waals surface area contributed by atoms with E-state index in [-0.39, 0.29) is 5.91 Å². The Morgan fingerprint density at radius 2 is 2.17 bits per heavy atom. The van der Waals surface area contributed by atoms with Gasteiger partial charge in [-0.3, -0.25) is 4.79 Å². The summed E-state index contributed by atoms with van der Waals surface area (Å²) in [5.41, 5.74) is 0.925. The van der Waals surface area contributed by atoms with Crippen LogP contribution >= 0.6 is 15.9 Å². The van der Waals surface area contributed by atoms with Gasteiger partial charge in [0.2, 0.25) is 0 Å².